The molecule has 2 rings (SSSR count). The number of aliphatic hydroxyl groups is 1. The number of hydrogen-bond donors (Lipinski definition) is 3. The average molecular weight is 325 g/mol. The van der Waals surface area contributed by atoms with Gasteiger partial charge in [-0.3, -0.25) is 0 Å². The Morgan fingerprint density at radius 3 is 2.55 bits per heavy atom. The number of aliphatic hydroxyl groups excluding tert-OH is 1. The van der Waals surface area contributed by atoms with Crippen LogP contribution in [0.15, 0.2) is 24.3 Å². The van der Waals surface area contributed by atoms with Crippen LogP contribution in [0.1, 0.15) is 45.1 Å². The van der Waals surface area contributed by atoms with Crippen molar-refractivity contribution in [2.24, 2.45) is 0 Å². The maximum atomic E-state index is 12.0. The van der Waals surface area contributed by atoms with Gasteiger partial charge < -0.3 is 15.7 Å². The summed E-state index contributed by atoms with van der Waals surface area (Å²) in [5, 5.41) is 16.1. The molecule has 1 fully saturated rings. The molecule has 0 heterocycles. The molecule has 0 aromatic heterocycles. The first-order chi connectivity index (χ1) is 10.4. The highest BCUT2D eigenvalue weighted by Crippen LogP contribution is 2.29. The molecule has 5 heteroatoms. The Hall–Kier alpha value is -1.26. The standard InChI is InChI=1S/C17H25ClN2O2/c1-17(2,14-5-3-4-6-15(14)18)11-19-16(22)20-12-7-9-13(21)10-8-12/h3-6,12-13,21H,7-11H2,1-2H3,(H2,19,20,22). The highest BCUT2D eigenvalue weighted by molar-refractivity contribution is 6.31. The van der Waals surface area contributed by atoms with Gasteiger partial charge in [-0.2, -0.15) is 0 Å². The average Bonchev–Trinajstić information content (AvgIpc) is 2.48. The van der Waals surface area contributed by atoms with Crippen LogP contribution in [0.4, 0.5) is 4.79 Å². The molecule has 122 valence electrons. The molecule has 1 aromatic carbocycles. The molecule has 0 spiro atoms. The Bertz CT molecular complexity index is 511. The van der Waals surface area contributed by atoms with Crippen LogP contribution in [0.5, 0.6) is 0 Å². The molecule has 22 heavy (non-hydrogen) atoms. The molecule has 0 unspecified atom stereocenters. The number of urea groups is 1. The second-order valence-electron chi connectivity index (χ2n) is 6.70. The van der Waals surface area contributed by atoms with E-state index in [1.807, 2.05) is 24.3 Å². The summed E-state index contributed by atoms with van der Waals surface area (Å²) in [5.74, 6) is 0. The van der Waals surface area contributed by atoms with E-state index in [1.54, 1.807) is 0 Å². The minimum atomic E-state index is -0.238. The van der Waals surface area contributed by atoms with Crippen LogP contribution in [0.25, 0.3) is 0 Å². The molecule has 0 aliphatic heterocycles. The van der Waals surface area contributed by atoms with Crippen LogP contribution in [0.3, 0.4) is 0 Å². The van der Waals surface area contributed by atoms with E-state index in [0.717, 1.165) is 36.3 Å². The normalized spacial score (nSPS) is 22.2. The van der Waals surface area contributed by atoms with Gasteiger partial charge >= 0.3 is 6.03 Å². The zero-order valence-electron chi connectivity index (χ0n) is 13.2. The lowest BCUT2D eigenvalue weighted by molar-refractivity contribution is 0.117. The first-order valence-corrected chi connectivity index (χ1v) is 8.24. The number of halogens is 1. The van der Waals surface area contributed by atoms with Crippen LogP contribution in [-0.2, 0) is 5.41 Å². The van der Waals surface area contributed by atoms with Crippen LogP contribution in [0, 0.1) is 0 Å². The molecule has 0 bridgehead atoms. The van der Waals surface area contributed by atoms with E-state index in [9.17, 15) is 9.90 Å². The number of carbonyl (C=O) groups is 1. The zero-order chi connectivity index (χ0) is 16.2. The van der Waals surface area contributed by atoms with Crippen LogP contribution >= 0.6 is 11.6 Å². The lowest BCUT2D eigenvalue weighted by atomic mass is 9.84. The highest BCUT2D eigenvalue weighted by Gasteiger charge is 2.25. The van der Waals surface area contributed by atoms with E-state index in [-0.39, 0.29) is 23.6 Å². The zero-order valence-corrected chi connectivity index (χ0v) is 14.0. The van der Waals surface area contributed by atoms with Crippen molar-refractivity contribution in [2.45, 2.75) is 57.1 Å². The highest BCUT2D eigenvalue weighted by atomic mass is 35.5. The summed E-state index contributed by atoms with van der Waals surface area (Å²) in [5.41, 5.74) is 0.788. The second-order valence-corrected chi connectivity index (χ2v) is 7.10. The predicted molar refractivity (Wildman–Crippen MR) is 89.3 cm³/mol. The Morgan fingerprint density at radius 1 is 1.27 bits per heavy atom. The largest absolute Gasteiger partial charge is 0.393 e. The lowest BCUT2D eigenvalue weighted by Crippen LogP contribution is -2.47. The summed E-state index contributed by atoms with van der Waals surface area (Å²) in [7, 11) is 0. The molecule has 0 radical (unpaired) electrons. The van der Waals surface area contributed by atoms with Crippen molar-refractivity contribution >= 4 is 17.6 Å². The van der Waals surface area contributed by atoms with E-state index in [0.29, 0.717) is 6.54 Å². The molecule has 4 nitrogen and oxygen atoms in total. The van der Waals surface area contributed by atoms with Gasteiger partial charge in [0.15, 0.2) is 0 Å². The van der Waals surface area contributed by atoms with Gasteiger partial charge in [-0.15, -0.1) is 0 Å². The monoisotopic (exact) mass is 324 g/mol. The molecule has 1 saturated carbocycles. The van der Waals surface area contributed by atoms with Crippen molar-refractivity contribution in [3.8, 4) is 0 Å². The molecule has 1 aromatic rings. The van der Waals surface area contributed by atoms with Gasteiger partial charge in [-0.1, -0.05) is 43.6 Å². The fourth-order valence-electron chi connectivity index (χ4n) is 2.86. The van der Waals surface area contributed by atoms with Gasteiger partial charge in [0.2, 0.25) is 0 Å². The summed E-state index contributed by atoms with van der Waals surface area (Å²) in [6, 6.07) is 7.72. The van der Waals surface area contributed by atoms with Gasteiger partial charge in [0.1, 0.15) is 0 Å². The third-order valence-corrected chi connectivity index (χ3v) is 4.66. The molecular formula is C17H25ClN2O2. The number of nitrogens with one attached hydrogen (secondary N) is 2. The Balaban J connectivity index is 1.84. The molecule has 1 aliphatic carbocycles. The van der Waals surface area contributed by atoms with E-state index in [2.05, 4.69) is 24.5 Å². The van der Waals surface area contributed by atoms with Gasteiger partial charge in [-0.05, 0) is 37.3 Å². The Morgan fingerprint density at radius 2 is 1.91 bits per heavy atom. The first kappa shape index (κ1) is 17.1. The van der Waals surface area contributed by atoms with Crippen LogP contribution < -0.4 is 10.6 Å². The fraction of sp³-hybridized carbons (Fsp3) is 0.588. The molecule has 1 aliphatic rings. The van der Waals surface area contributed by atoms with Gasteiger partial charge in [0.25, 0.3) is 0 Å². The molecule has 2 amide bonds. The topological polar surface area (TPSA) is 61.4 Å². The van der Waals surface area contributed by atoms with E-state index in [1.165, 1.54) is 0 Å². The van der Waals surface area contributed by atoms with Gasteiger partial charge in [0.05, 0.1) is 6.10 Å². The third-order valence-electron chi connectivity index (χ3n) is 4.33. The van der Waals surface area contributed by atoms with E-state index < -0.39 is 0 Å². The molecule has 0 atom stereocenters. The van der Waals surface area contributed by atoms with Crippen LogP contribution in [0.2, 0.25) is 5.02 Å². The van der Waals surface area contributed by atoms with Crippen molar-refractivity contribution in [2.75, 3.05) is 6.54 Å². The first-order valence-electron chi connectivity index (χ1n) is 7.86. The molecular weight excluding hydrogens is 300 g/mol. The summed E-state index contributed by atoms with van der Waals surface area (Å²) < 4.78 is 0. The van der Waals surface area contributed by atoms with Crippen molar-refractivity contribution in [1.82, 2.24) is 10.6 Å². The minimum absolute atomic E-state index is 0.151. The van der Waals surface area contributed by atoms with E-state index >= 15 is 0 Å². The maximum Gasteiger partial charge on any atom is 0.315 e. The van der Waals surface area contributed by atoms with Crippen molar-refractivity contribution in [3.63, 3.8) is 0 Å². The fourth-order valence-corrected chi connectivity index (χ4v) is 3.25. The summed E-state index contributed by atoms with van der Waals surface area (Å²) in [6.45, 7) is 4.63. The second kappa shape index (κ2) is 7.34. The maximum absolute atomic E-state index is 12.0. The third kappa shape index (κ3) is 4.62. The predicted octanol–water partition coefficient (Wildman–Crippen LogP) is 3.22. The SMILES string of the molecule is CC(C)(CNC(=O)NC1CCC(O)CC1)c1ccccc1Cl. The van der Waals surface area contributed by atoms with Crippen molar-refractivity contribution < 1.29 is 9.90 Å². The number of hydrogen-bond acceptors (Lipinski definition) is 2. The van der Waals surface area contributed by atoms with Crippen molar-refractivity contribution in [1.29, 1.82) is 0 Å². The summed E-state index contributed by atoms with van der Waals surface area (Å²) >= 11 is 6.24. The smallest absolute Gasteiger partial charge is 0.315 e. The number of amides is 2. The van der Waals surface area contributed by atoms with E-state index in [4.69, 9.17) is 11.6 Å². The Labute approximate surface area is 137 Å². The Kier molecular flexibility index (Phi) is 5.70. The number of carbonyl (C=O) groups excluding carboxylic acids is 1. The summed E-state index contributed by atoms with van der Waals surface area (Å²) in [6.07, 6.45) is 2.98. The number of benzene rings is 1. The quantitative estimate of drug-likeness (QED) is 0.796. The van der Waals surface area contributed by atoms with Gasteiger partial charge in [0, 0.05) is 23.0 Å². The van der Waals surface area contributed by atoms with Crippen molar-refractivity contribution in [3.05, 3.63) is 34.9 Å². The molecule has 0 saturated heterocycles. The number of rotatable bonds is 4. The van der Waals surface area contributed by atoms with Gasteiger partial charge in [-0.25, -0.2) is 4.79 Å². The summed E-state index contributed by atoms with van der Waals surface area (Å²) in [4.78, 5) is 12.0. The minimum Gasteiger partial charge on any atom is -0.393 e. The lowest BCUT2D eigenvalue weighted by Gasteiger charge is -2.29. The molecule has 3 N–H and O–H groups in total. The van der Waals surface area contributed by atoms with Crippen LogP contribution in [-0.4, -0.2) is 29.8 Å².